The van der Waals surface area contributed by atoms with Gasteiger partial charge in [0.05, 0.1) is 10.4 Å². The predicted molar refractivity (Wildman–Crippen MR) is 101 cm³/mol. The van der Waals surface area contributed by atoms with Crippen LogP contribution in [0.15, 0.2) is 58.7 Å². The number of carbonyl (C=O) groups is 1. The zero-order valence-corrected chi connectivity index (χ0v) is 15.4. The summed E-state index contributed by atoms with van der Waals surface area (Å²) in [5.41, 5.74) is -0.358. The number of alkyl halides is 3. The number of anilines is 1. The van der Waals surface area contributed by atoms with Gasteiger partial charge >= 0.3 is 6.18 Å². The van der Waals surface area contributed by atoms with E-state index in [1.807, 2.05) is 17.5 Å². The average molecular weight is 407 g/mol. The molecule has 3 rings (SSSR count). The van der Waals surface area contributed by atoms with E-state index >= 15 is 0 Å². The lowest BCUT2D eigenvalue weighted by Gasteiger charge is -2.10. The van der Waals surface area contributed by atoms with Crippen molar-refractivity contribution in [1.29, 1.82) is 0 Å². The average Bonchev–Trinajstić information content (AvgIpc) is 3.17. The van der Waals surface area contributed by atoms with E-state index in [-0.39, 0.29) is 24.2 Å². The van der Waals surface area contributed by atoms with Crippen LogP contribution in [0.2, 0.25) is 0 Å². The third kappa shape index (κ3) is 5.07. The molecule has 0 spiro atoms. The lowest BCUT2D eigenvalue weighted by atomic mass is 10.2. The summed E-state index contributed by atoms with van der Waals surface area (Å²) in [6, 6.07) is 11.3. The van der Waals surface area contributed by atoms with Crippen LogP contribution in [0.1, 0.15) is 18.4 Å². The molecule has 2 aromatic heterocycles. The number of hydrogen-bond donors (Lipinski definition) is 1. The number of benzene rings is 1. The van der Waals surface area contributed by atoms with Crippen LogP contribution in [-0.2, 0) is 17.5 Å². The minimum atomic E-state index is -4.47. The van der Waals surface area contributed by atoms with Gasteiger partial charge in [-0.05, 0) is 42.1 Å². The topological polar surface area (TPSA) is 64.0 Å². The molecule has 0 atom stereocenters. The quantitative estimate of drug-likeness (QED) is 0.658. The fourth-order valence-corrected chi connectivity index (χ4v) is 3.24. The number of aromatic nitrogens is 2. The summed E-state index contributed by atoms with van der Waals surface area (Å²) in [6.07, 6.45) is -4.10. The van der Waals surface area contributed by atoms with Gasteiger partial charge < -0.3 is 5.32 Å². The Morgan fingerprint density at radius 2 is 1.96 bits per heavy atom. The molecular weight excluding hydrogens is 391 g/mol. The van der Waals surface area contributed by atoms with Gasteiger partial charge in [-0.3, -0.25) is 9.59 Å². The maximum Gasteiger partial charge on any atom is 0.416 e. The molecule has 0 unspecified atom stereocenters. The summed E-state index contributed by atoms with van der Waals surface area (Å²) in [4.78, 5) is 24.9. The fraction of sp³-hybridized carbons (Fsp3) is 0.211. The molecule has 1 amide bonds. The van der Waals surface area contributed by atoms with Crippen molar-refractivity contribution in [2.75, 3.05) is 5.32 Å². The smallest absolute Gasteiger partial charge is 0.326 e. The van der Waals surface area contributed by atoms with Gasteiger partial charge in [0.1, 0.15) is 5.69 Å². The maximum absolute atomic E-state index is 12.7. The van der Waals surface area contributed by atoms with Crippen LogP contribution < -0.4 is 10.9 Å². The van der Waals surface area contributed by atoms with Gasteiger partial charge in [0.25, 0.3) is 5.56 Å². The van der Waals surface area contributed by atoms with Gasteiger partial charge in [-0.25, -0.2) is 4.68 Å². The molecule has 146 valence electrons. The molecule has 0 aliphatic heterocycles. The molecule has 0 saturated heterocycles. The predicted octanol–water partition coefficient (Wildman–Crippen LogP) is 4.41. The van der Waals surface area contributed by atoms with Gasteiger partial charge in [0.2, 0.25) is 5.91 Å². The Hall–Kier alpha value is -2.94. The summed E-state index contributed by atoms with van der Waals surface area (Å²) in [6.45, 7) is 0.230. The number of rotatable bonds is 6. The Labute approximate surface area is 162 Å². The van der Waals surface area contributed by atoms with E-state index in [4.69, 9.17) is 0 Å². The summed E-state index contributed by atoms with van der Waals surface area (Å²) in [7, 11) is 0. The van der Waals surface area contributed by atoms with Crippen molar-refractivity contribution in [3.8, 4) is 10.6 Å². The number of hydrogen-bond acceptors (Lipinski definition) is 4. The van der Waals surface area contributed by atoms with Crippen molar-refractivity contribution >= 4 is 22.9 Å². The lowest BCUT2D eigenvalue weighted by molar-refractivity contribution is -0.137. The number of carbonyl (C=O) groups excluding carboxylic acids is 1. The van der Waals surface area contributed by atoms with Crippen molar-refractivity contribution in [1.82, 2.24) is 9.78 Å². The standard InChI is InChI=1S/C19H16F3N3O2S/c20-19(21,22)13-4-1-5-14(12-13)23-17(26)7-2-10-25-18(27)9-8-15(24-25)16-6-3-11-28-16/h1,3-6,8-9,11-12H,2,7,10H2,(H,23,26). The van der Waals surface area contributed by atoms with Crippen molar-refractivity contribution in [2.24, 2.45) is 0 Å². The van der Waals surface area contributed by atoms with E-state index in [9.17, 15) is 22.8 Å². The normalized spacial score (nSPS) is 11.4. The minimum Gasteiger partial charge on any atom is -0.326 e. The lowest BCUT2D eigenvalue weighted by Crippen LogP contribution is -2.23. The molecule has 0 fully saturated rings. The number of nitrogens with zero attached hydrogens (tertiary/aromatic N) is 2. The first-order chi connectivity index (χ1) is 13.3. The molecule has 9 heteroatoms. The highest BCUT2D eigenvalue weighted by atomic mass is 32.1. The van der Waals surface area contributed by atoms with Gasteiger partial charge in [-0.2, -0.15) is 18.3 Å². The molecule has 28 heavy (non-hydrogen) atoms. The van der Waals surface area contributed by atoms with E-state index in [1.165, 1.54) is 34.2 Å². The van der Waals surface area contributed by atoms with Gasteiger partial charge in [0.15, 0.2) is 0 Å². The fourth-order valence-electron chi connectivity index (χ4n) is 2.55. The number of amides is 1. The van der Waals surface area contributed by atoms with Crippen LogP contribution in [-0.4, -0.2) is 15.7 Å². The zero-order chi connectivity index (χ0) is 20.1. The molecule has 0 aliphatic carbocycles. The Morgan fingerprint density at radius 3 is 2.68 bits per heavy atom. The van der Waals surface area contributed by atoms with E-state index in [0.29, 0.717) is 12.1 Å². The highest BCUT2D eigenvalue weighted by Gasteiger charge is 2.30. The molecule has 0 aliphatic rings. The Bertz CT molecular complexity index is 1010. The molecule has 1 aromatic carbocycles. The third-order valence-corrected chi connectivity index (χ3v) is 4.78. The highest BCUT2D eigenvalue weighted by Crippen LogP contribution is 2.30. The van der Waals surface area contributed by atoms with E-state index in [1.54, 1.807) is 6.07 Å². The second kappa shape index (κ2) is 8.39. The molecular formula is C19H16F3N3O2S. The summed E-state index contributed by atoms with van der Waals surface area (Å²) >= 11 is 1.50. The van der Waals surface area contributed by atoms with Crippen LogP contribution in [0.3, 0.4) is 0 Å². The second-order valence-electron chi connectivity index (χ2n) is 5.99. The van der Waals surface area contributed by atoms with Crippen LogP contribution in [0.4, 0.5) is 18.9 Å². The Morgan fingerprint density at radius 1 is 1.14 bits per heavy atom. The van der Waals surface area contributed by atoms with Crippen LogP contribution >= 0.6 is 11.3 Å². The Balaban J connectivity index is 1.58. The van der Waals surface area contributed by atoms with E-state index in [0.717, 1.165) is 17.0 Å². The first kappa shape index (κ1) is 19.8. The molecule has 2 heterocycles. The largest absolute Gasteiger partial charge is 0.416 e. The SMILES string of the molecule is O=C(CCCn1nc(-c2cccs2)ccc1=O)Nc1cccc(C(F)(F)F)c1. The molecule has 1 N–H and O–H groups in total. The molecule has 3 aromatic rings. The number of thiophene rings is 1. The highest BCUT2D eigenvalue weighted by molar-refractivity contribution is 7.13. The molecule has 0 saturated carbocycles. The first-order valence-electron chi connectivity index (χ1n) is 8.42. The summed E-state index contributed by atoms with van der Waals surface area (Å²) < 4.78 is 39.4. The van der Waals surface area contributed by atoms with E-state index < -0.39 is 17.6 Å². The minimum absolute atomic E-state index is 0.0492. The number of aryl methyl sites for hydroxylation is 1. The van der Waals surface area contributed by atoms with E-state index in [2.05, 4.69) is 10.4 Å². The van der Waals surface area contributed by atoms with Crippen LogP contribution in [0, 0.1) is 0 Å². The van der Waals surface area contributed by atoms with Crippen molar-refractivity contribution in [2.45, 2.75) is 25.6 Å². The molecule has 0 bridgehead atoms. The van der Waals surface area contributed by atoms with Crippen LogP contribution in [0.25, 0.3) is 10.6 Å². The monoisotopic (exact) mass is 407 g/mol. The van der Waals surface area contributed by atoms with Gasteiger partial charge in [-0.15, -0.1) is 11.3 Å². The maximum atomic E-state index is 12.7. The van der Waals surface area contributed by atoms with Crippen molar-refractivity contribution < 1.29 is 18.0 Å². The number of nitrogens with one attached hydrogen (secondary N) is 1. The van der Waals surface area contributed by atoms with Gasteiger partial charge in [-0.1, -0.05) is 12.1 Å². The first-order valence-corrected chi connectivity index (χ1v) is 9.30. The number of halogens is 3. The third-order valence-electron chi connectivity index (χ3n) is 3.89. The summed E-state index contributed by atoms with van der Waals surface area (Å²) in [5.74, 6) is -0.429. The van der Waals surface area contributed by atoms with Crippen molar-refractivity contribution in [3.05, 3.63) is 69.8 Å². The second-order valence-corrected chi connectivity index (χ2v) is 6.94. The molecule has 0 radical (unpaired) electrons. The van der Waals surface area contributed by atoms with Crippen LogP contribution in [0.5, 0.6) is 0 Å². The summed E-state index contributed by atoms with van der Waals surface area (Å²) in [5, 5.41) is 8.64. The van der Waals surface area contributed by atoms with Gasteiger partial charge in [0, 0.05) is 24.7 Å². The Kier molecular flexibility index (Phi) is 5.93. The molecule has 5 nitrogen and oxygen atoms in total. The zero-order valence-electron chi connectivity index (χ0n) is 14.6. The van der Waals surface area contributed by atoms with Crippen molar-refractivity contribution in [3.63, 3.8) is 0 Å².